The zero-order chi connectivity index (χ0) is 26.2. The maximum atomic E-state index is 11.3. The van der Waals surface area contributed by atoms with Gasteiger partial charge in [0.1, 0.15) is 24.2 Å². The SMILES string of the molecule is COc1ccccc1N1CCN(CC(O)COc2ccc([N+](=O)[O-])cc2/C=C/c2ccccc2Br)CC1. The first-order valence-electron chi connectivity index (χ1n) is 12.1. The Balaban J connectivity index is 1.35. The minimum absolute atomic E-state index is 0.0207. The Hall–Kier alpha value is -3.40. The number of nitro benzene ring substituents is 1. The number of rotatable bonds is 10. The first-order valence-corrected chi connectivity index (χ1v) is 12.9. The lowest BCUT2D eigenvalue weighted by Crippen LogP contribution is -2.49. The second-order valence-corrected chi connectivity index (χ2v) is 9.61. The summed E-state index contributed by atoms with van der Waals surface area (Å²) < 4.78 is 12.3. The Morgan fingerprint density at radius 3 is 2.43 bits per heavy atom. The lowest BCUT2D eigenvalue weighted by atomic mass is 10.1. The first kappa shape index (κ1) is 26.7. The predicted octanol–water partition coefficient (Wildman–Crippen LogP) is 5.10. The Labute approximate surface area is 225 Å². The van der Waals surface area contributed by atoms with Crippen molar-refractivity contribution >= 4 is 39.5 Å². The van der Waals surface area contributed by atoms with E-state index in [1.54, 1.807) is 19.3 Å². The summed E-state index contributed by atoms with van der Waals surface area (Å²) in [6, 6.07) is 20.2. The van der Waals surface area contributed by atoms with E-state index in [1.165, 1.54) is 12.1 Å². The second-order valence-electron chi connectivity index (χ2n) is 8.76. The molecule has 1 atom stereocenters. The van der Waals surface area contributed by atoms with Crippen LogP contribution in [-0.4, -0.2) is 67.5 Å². The Bertz CT molecular complexity index is 1240. The topological polar surface area (TPSA) is 88.3 Å². The number of anilines is 1. The van der Waals surface area contributed by atoms with Crippen molar-refractivity contribution in [2.24, 2.45) is 0 Å². The molecule has 0 amide bonds. The van der Waals surface area contributed by atoms with Crippen LogP contribution in [-0.2, 0) is 0 Å². The van der Waals surface area contributed by atoms with E-state index in [4.69, 9.17) is 9.47 Å². The number of piperazine rings is 1. The maximum Gasteiger partial charge on any atom is 0.270 e. The van der Waals surface area contributed by atoms with Gasteiger partial charge in [-0.1, -0.05) is 58.4 Å². The molecule has 1 heterocycles. The van der Waals surface area contributed by atoms with Gasteiger partial charge in [0.05, 0.1) is 17.7 Å². The predicted molar refractivity (Wildman–Crippen MR) is 149 cm³/mol. The van der Waals surface area contributed by atoms with Crippen LogP contribution in [0.1, 0.15) is 11.1 Å². The molecule has 0 saturated carbocycles. The molecule has 1 aliphatic rings. The van der Waals surface area contributed by atoms with Gasteiger partial charge in [-0.2, -0.15) is 0 Å². The summed E-state index contributed by atoms with van der Waals surface area (Å²) in [5, 5.41) is 22.0. The molecule has 1 fully saturated rings. The van der Waals surface area contributed by atoms with Crippen molar-refractivity contribution in [3.05, 3.63) is 92.4 Å². The third-order valence-corrected chi connectivity index (χ3v) is 6.97. The van der Waals surface area contributed by atoms with Gasteiger partial charge in [0.15, 0.2) is 0 Å². The van der Waals surface area contributed by atoms with Gasteiger partial charge >= 0.3 is 0 Å². The van der Waals surface area contributed by atoms with E-state index in [0.717, 1.165) is 47.7 Å². The van der Waals surface area contributed by atoms with Crippen LogP contribution in [0.5, 0.6) is 11.5 Å². The highest BCUT2D eigenvalue weighted by Gasteiger charge is 2.22. The van der Waals surface area contributed by atoms with E-state index >= 15 is 0 Å². The zero-order valence-corrected chi connectivity index (χ0v) is 22.2. The molecule has 0 bridgehead atoms. The number of nitrogens with zero attached hydrogens (tertiary/aromatic N) is 3. The van der Waals surface area contributed by atoms with Gasteiger partial charge in [0.2, 0.25) is 0 Å². The van der Waals surface area contributed by atoms with Gasteiger partial charge in [-0.3, -0.25) is 15.0 Å². The Morgan fingerprint density at radius 1 is 1.00 bits per heavy atom. The van der Waals surface area contributed by atoms with Crippen molar-refractivity contribution in [2.75, 3.05) is 51.3 Å². The van der Waals surface area contributed by atoms with Crippen molar-refractivity contribution in [3.8, 4) is 11.5 Å². The molecule has 0 radical (unpaired) electrons. The highest BCUT2D eigenvalue weighted by Crippen LogP contribution is 2.29. The largest absolute Gasteiger partial charge is 0.495 e. The number of non-ortho nitro benzene ring substituents is 1. The van der Waals surface area contributed by atoms with E-state index < -0.39 is 11.0 Å². The van der Waals surface area contributed by atoms with Crippen LogP contribution in [0.25, 0.3) is 12.2 Å². The third-order valence-electron chi connectivity index (χ3n) is 6.25. The molecule has 194 valence electrons. The second kappa shape index (κ2) is 12.7. The molecular weight excluding hydrogens is 538 g/mol. The molecule has 0 aliphatic carbocycles. The monoisotopic (exact) mass is 567 g/mol. The molecule has 1 aliphatic heterocycles. The minimum Gasteiger partial charge on any atom is -0.495 e. The molecule has 1 N–H and O–H groups in total. The summed E-state index contributed by atoms with van der Waals surface area (Å²) in [7, 11) is 1.68. The summed E-state index contributed by atoms with van der Waals surface area (Å²) in [5.74, 6) is 1.34. The van der Waals surface area contributed by atoms with Crippen LogP contribution in [0.3, 0.4) is 0 Å². The molecular formula is C28H30BrN3O5. The number of ether oxygens (including phenoxy) is 2. The fourth-order valence-corrected chi connectivity index (χ4v) is 4.72. The number of β-amino-alcohol motifs (C(OH)–C–C–N with tert-alkyl or cyclic N) is 1. The lowest BCUT2D eigenvalue weighted by molar-refractivity contribution is -0.384. The van der Waals surface area contributed by atoms with E-state index in [9.17, 15) is 15.2 Å². The average molecular weight is 568 g/mol. The fourth-order valence-electron chi connectivity index (χ4n) is 4.30. The van der Waals surface area contributed by atoms with E-state index in [-0.39, 0.29) is 12.3 Å². The molecule has 3 aromatic carbocycles. The molecule has 3 aromatic rings. The van der Waals surface area contributed by atoms with Crippen molar-refractivity contribution in [1.29, 1.82) is 0 Å². The van der Waals surface area contributed by atoms with Crippen LogP contribution < -0.4 is 14.4 Å². The van der Waals surface area contributed by atoms with E-state index in [2.05, 4.69) is 31.8 Å². The van der Waals surface area contributed by atoms with Crippen molar-refractivity contribution in [3.63, 3.8) is 0 Å². The molecule has 1 saturated heterocycles. The number of halogens is 1. The van der Waals surface area contributed by atoms with E-state index in [1.807, 2.05) is 48.5 Å². The standard InChI is InChI=1S/C28H30BrN3O5/c1-36-28-9-5-4-8-26(28)31-16-14-30(15-17-31)19-24(33)20-37-27-13-12-23(32(34)35)18-22(27)11-10-21-6-2-3-7-25(21)29/h2-13,18,24,33H,14-17,19-20H2,1H3/b11-10+. The zero-order valence-electron chi connectivity index (χ0n) is 20.6. The van der Waals surface area contributed by atoms with Gasteiger partial charge in [-0.15, -0.1) is 0 Å². The van der Waals surface area contributed by atoms with Crippen molar-refractivity contribution < 1.29 is 19.5 Å². The summed E-state index contributed by atoms with van der Waals surface area (Å²) >= 11 is 3.51. The molecule has 4 rings (SSSR count). The maximum absolute atomic E-state index is 11.3. The minimum atomic E-state index is -0.701. The lowest BCUT2D eigenvalue weighted by Gasteiger charge is -2.37. The van der Waals surface area contributed by atoms with Gasteiger partial charge in [0, 0.05) is 54.9 Å². The number of benzene rings is 3. The van der Waals surface area contributed by atoms with Crippen molar-refractivity contribution in [1.82, 2.24) is 4.90 Å². The third kappa shape index (κ3) is 7.09. The number of hydrogen-bond donors (Lipinski definition) is 1. The molecule has 8 nitrogen and oxygen atoms in total. The normalized spacial score (nSPS) is 15.1. The highest BCUT2D eigenvalue weighted by molar-refractivity contribution is 9.10. The van der Waals surface area contributed by atoms with Crippen LogP contribution in [0, 0.1) is 10.1 Å². The highest BCUT2D eigenvalue weighted by atomic mass is 79.9. The summed E-state index contributed by atoms with van der Waals surface area (Å²) in [6.07, 6.45) is 2.95. The smallest absolute Gasteiger partial charge is 0.270 e. The Morgan fingerprint density at radius 2 is 1.70 bits per heavy atom. The van der Waals surface area contributed by atoms with Gasteiger partial charge in [-0.25, -0.2) is 0 Å². The van der Waals surface area contributed by atoms with E-state index in [0.29, 0.717) is 17.9 Å². The van der Waals surface area contributed by atoms with Gasteiger partial charge in [-0.05, 0) is 29.8 Å². The molecule has 37 heavy (non-hydrogen) atoms. The molecule has 0 aromatic heterocycles. The Kier molecular flexibility index (Phi) is 9.16. The number of aliphatic hydroxyl groups excluding tert-OH is 1. The fraction of sp³-hybridized carbons (Fsp3) is 0.286. The number of hydrogen-bond acceptors (Lipinski definition) is 7. The first-order chi connectivity index (χ1) is 17.9. The summed E-state index contributed by atoms with van der Waals surface area (Å²) in [4.78, 5) is 15.4. The van der Waals surface area contributed by atoms with Crippen molar-refractivity contribution in [2.45, 2.75) is 6.10 Å². The van der Waals surface area contributed by atoms with Crippen LogP contribution in [0.4, 0.5) is 11.4 Å². The molecule has 1 unspecified atom stereocenters. The number of nitro groups is 1. The van der Waals surface area contributed by atoms with Crippen LogP contribution >= 0.6 is 15.9 Å². The number of methoxy groups -OCH3 is 1. The van der Waals surface area contributed by atoms with Gasteiger partial charge < -0.3 is 19.5 Å². The average Bonchev–Trinajstić information content (AvgIpc) is 2.92. The van der Waals surface area contributed by atoms with Gasteiger partial charge in [0.25, 0.3) is 5.69 Å². The van der Waals surface area contributed by atoms with Crippen LogP contribution in [0.15, 0.2) is 71.2 Å². The molecule has 0 spiro atoms. The number of para-hydroxylation sites is 2. The summed E-state index contributed by atoms with van der Waals surface area (Å²) in [5.41, 5.74) is 2.57. The quantitative estimate of drug-likeness (QED) is 0.207. The summed E-state index contributed by atoms with van der Waals surface area (Å²) in [6.45, 7) is 3.86. The molecule has 9 heteroatoms. The number of aliphatic hydroxyl groups is 1. The van der Waals surface area contributed by atoms with Crippen LogP contribution in [0.2, 0.25) is 0 Å².